The molecule has 8 heteroatoms. The zero-order chi connectivity index (χ0) is 12.2. The van der Waals surface area contributed by atoms with Crippen molar-refractivity contribution in [1.82, 2.24) is 0 Å². The molecule has 0 rings (SSSR count). The Bertz CT molecular complexity index is 220. The molecule has 0 heterocycles. The van der Waals surface area contributed by atoms with Gasteiger partial charge in [0.25, 0.3) is 0 Å². The first kappa shape index (κ1) is 19.3. The first-order chi connectivity index (χ1) is 6.71. The second-order valence-electron chi connectivity index (χ2n) is 3.04. The normalized spacial score (nSPS) is 15.2. The van der Waals surface area contributed by atoms with Crippen molar-refractivity contribution in [3.05, 3.63) is 0 Å². The van der Waals surface area contributed by atoms with Crippen LogP contribution in [0.2, 0.25) is 0 Å². The average Bonchev–Trinajstić information content (AvgIpc) is 2.02. The molecule has 98 valence electrons. The van der Waals surface area contributed by atoms with Crippen LogP contribution >= 0.6 is 34.8 Å². The SMILES string of the molecule is CCOC(=O)C(C(O)C(Cl)(Cl)Cl)[S+](C)C.[Cl-]. The van der Waals surface area contributed by atoms with Crippen molar-refractivity contribution < 1.29 is 27.0 Å². The zero-order valence-corrected chi connectivity index (χ0v) is 12.9. The fraction of sp³-hybridized carbons (Fsp3) is 0.875. The number of aliphatic hydroxyl groups excluding tert-OH is 1. The topological polar surface area (TPSA) is 46.5 Å². The van der Waals surface area contributed by atoms with Gasteiger partial charge in [-0.05, 0) is 17.8 Å². The van der Waals surface area contributed by atoms with Crippen molar-refractivity contribution in [3.63, 3.8) is 0 Å². The van der Waals surface area contributed by atoms with Gasteiger partial charge in [0.2, 0.25) is 9.04 Å². The predicted octanol–water partition coefficient (Wildman–Crippen LogP) is -1.47. The lowest BCUT2D eigenvalue weighted by atomic mass is 10.3. The Morgan fingerprint density at radius 1 is 1.44 bits per heavy atom. The molecule has 0 aromatic heterocycles. The standard InChI is InChI=1S/C8H14Cl3O3S.ClH/c1-4-14-7(13)5(15(2)3)6(12)8(9,10)11;/h5-6,12H,4H2,1-3H3;1H/q+1;/p-1. The quantitative estimate of drug-likeness (QED) is 0.389. The summed E-state index contributed by atoms with van der Waals surface area (Å²) in [6, 6.07) is 0. The second-order valence-corrected chi connectivity index (χ2v) is 7.67. The van der Waals surface area contributed by atoms with Crippen molar-refractivity contribution in [2.45, 2.75) is 22.1 Å². The summed E-state index contributed by atoms with van der Waals surface area (Å²) in [4.78, 5) is 11.5. The molecule has 0 saturated carbocycles. The van der Waals surface area contributed by atoms with Gasteiger partial charge in [-0.25, -0.2) is 4.79 Å². The number of ether oxygens (including phenoxy) is 1. The molecule has 0 aromatic rings. The summed E-state index contributed by atoms with van der Waals surface area (Å²) in [6.07, 6.45) is 2.20. The third-order valence-electron chi connectivity index (χ3n) is 1.65. The Morgan fingerprint density at radius 3 is 2.12 bits per heavy atom. The molecule has 16 heavy (non-hydrogen) atoms. The third kappa shape index (κ3) is 6.03. The van der Waals surface area contributed by atoms with E-state index < -0.39 is 32.0 Å². The Morgan fingerprint density at radius 2 is 1.88 bits per heavy atom. The molecule has 0 saturated heterocycles. The highest BCUT2D eigenvalue weighted by molar-refractivity contribution is 7.96. The van der Waals surface area contributed by atoms with Crippen molar-refractivity contribution in [3.8, 4) is 0 Å². The summed E-state index contributed by atoms with van der Waals surface area (Å²) in [5, 5.41) is 8.92. The van der Waals surface area contributed by atoms with Crippen LogP contribution in [0.1, 0.15) is 6.92 Å². The highest BCUT2D eigenvalue weighted by Gasteiger charge is 2.48. The van der Waals surface area contributed by atoms with E-state index in [-0.39, 0.29) is 19.0 Å². The number of aliphatic hydroxyl groups is 1. The molecule has 0 amide bonds. The van der Waals surface area contributed by atoms with E-state index in [0.717, 1.165) is 0 Å². The van der Waals surface area contributed by atoms with Gasteiger partial charge >= 0.3 is 5.97 Å². The Hall–Kier alpha value is 0.940. The lowest BCUT2D eigenvalue weighted by Crippen LogP contribution is -3.00. The minimum absolute atomic E-state index is 0. The van der Waals surface area contributed by atoms with E-state index in [9.17, 15) is 9.90 Å². The predicted molar refractivity (Wildman–Crippen MR) is 65.9 cm³/mol. The number of hydrogen-bond donors (Lipinski definition) is 1. The zero-order valence-electron chi connectivity index (χ0n) is 9.05. The summed E-state index contributed by atoms with van der Waals surface area (Å²) in [5.74, 6) is -0.537. The highest BCUT2D eigenvalue weighted by Crippen LogP contribution is 2.34. The summed E-state index contributed by atoms with van der Waals surface area (Å²) in [6.45, 7) is 1.92. The van der Waals surface area contributed by atoms with Gasteiger partial charge in [-0.2, -0.15) is 0 Å². The van der Waals surface area contributed by atoms with E-state index in [1.807, 2.05) is 0 Å². The van der Waals surface area contributed by atoms with Crippen molar-refractivity contribution >= 4 is 51.7 Å². The van der Waals surface area contributed by atoms with Gasteiger partial charge in [0.15, 0.2) is 6.10 Å². The van der Waals surface area contributed by atoms with Crippen LogP contribution in [0.15, 0.2) is 0 Å². The summed E-state index contributed by atoms with van der Waals surface area (Å²) in [5.41, 5.74) is 0. The van der Waals surface area contributed by atoms with E-state index >= 15 is 0 Å². The molecular weight excluding hydrogens is 318 g/mol. The molecule has 0 spiro atoms. The van der Waals surface area contributed by atoms with E-state index in [2.05, 4.69) is 0 Å². The highest BCUT2D eigenvalue weighted by atomic mass is 35.6. The number of carbonyl (C=O) groups is 1. The largest absolute Gasteiger partial charge is 1.00 e. The first-order valence-electron chi connectivity index (χ1n) is 4.19. The molecule has 0 aliphatic rings. The van der Waals surface area contributed by atoms with Gasteiger partial charge < -0.3 is 22.3 Å². The lowest BCUT2D eigenvalue weighted by molar-refractivity contribution is -0.144. The van der Waals surface area contributed by atoms with Crippen molar-refractivity contribution in [2.24, 2.45) is 0 Å². The maximum Gasteiger partial charge on any atom is 0.362 e. The molecule has 0 radical (unpaired) electrons. The molecule has 1 N–H and O–H groups in total. The van der Waals surface area contributed by atoms with Gasteiger partial charge in [-0.1, -0.05) is 34.8 Å². The molecule has 0 fully saturated rings. The smallest absolute Gasteiger partial charge is 0.362 e. The second kappa shape index (κ2) is 8.11. The van der Waals surface area contributed by atoms with Gasteiger partial charge in [0.1, 0.15) is 0 Å². The average molecular weight is 332 g/mol. The maximum absolute atomic E-state index is 11.5. The van der Waals surface area contributed by atoms with Crippen LogP contribution in [-0.2, 0) is 20.4 Å². The van der Waals surface area contributed by atoms with Crippen molar-refractivity contribution in [1.29, 1.82) is 0 Å². The van der Waals surface area contributed by atoms with Gasteiger partial charge in [-0.3, -0.25) is 0 Å². The van der Waals surface area contributed by atoms with Gasteiger partial charge in [0.05, 0.1) is 19.1 Å². The molecular formula is C8H14Cl4O3S. The summed E-state index contributed by atoms with van der Waals surface area (Å²) in [7, 11) is -0.439. The van der Waals surface area contributed by atoms with Crippen LogP contribution in [0.4, 0.5) is 0 Å². The molecule has 2 atom stereocenters. The van der Waals surface area contributed by atoms with Crippen LogP contribution in [0, 0.1) is 0 Å². The van der Waals surface area contributed by atoms with E-state index in [4.69, 9.17) is 39.5 Å². The fourth-order valence-corrected chi connectivity index (χ4v) is 2.75. The Labute approximate surface area is 120 Å². The summed E-state index contributed by atoms with van der Waals surface area (Å²) < 4.78 is 2.93. The molecule has 2 unspecified atom stereocenters. The van der Waals surface area contributed by atoms with E-state index in [0.29, 0.717) is 0 Å². The van der Waals surface area contributed by atoms with Crippen LogP contribution in [0.5, 0.6) is 0 Å². The monoisotopic (exact) mass is 330 g/mol. The van der Waals surface area contributed by atoms with Gasteiger partial charge in [-0.15, -0.1) is 0 Å². The van der Waals surface area contributed by atoms with Crippen LogP contribution in [0.25, 0.3) is 0 Å². The van der Waals surface area contributed by atoms with Crippen LogP contribution < -0.4 is 12.4 Å². The Balaban J connectivity index is 0. The first-order valence-corrected chi connectivity index (χ1v) is 7.43. The van der Waals surface area contributed by atoms with Crippen LogP contribution in [-0.4, -0.2) is 45.3 Å². The molecule has 0 aliphatic heterocycles. The summed E-state index contributed by atoms with van der Waals surface area (Å²) >= 11 is 16.6. The molecule has 3 nitrogen and oxygen atoms in total. The number of hydrogen-bond acceptors (Lipinski definition) is 3. The fourth-order valence-electron chi connectivity index (χ4n) is 0.975. The number of rotatable bonds is 4. The molecule has 0 bridgehead atoms. The lowest BCUT2D eigenvalue weighted by Gasteiger charge is -2.23. The third-order valence-corrected chi connectivity index (χ3v) is 3.79. The number of esters is 1. The van der Waals surface area contributed by atoms with Gasteiger partial charge in [0, 0.05) is 0 Å². The number of carbonyl (C=O) groups excluding carboxylic acids is 1. The van der Waals surface area contributed by atoms with Crippen LogP contribution in [0.3, 0.4) is 0 Å². The minimum Gasteiger partial charge on any atom is -1.00 e. The number of halogens is 4. The molecule has 0 aliphatic carbocycles. The maximum atomic E-state index is 11.5. The Kier molecular flexibility index (Phi) is 9.78. The van der Waals surface area contributed by atoms with Crippen molar-refractivity contribution in [2.75, 3.05) is 19.1 Å². The number of alkyl halides is 3. The minimum atomic E-state index is -1.88. The van der Waals surface area contributed by atoms with E-state index in [1.165, 1.54) is 0 Å². The molecule has 0 aromatic carbocycles. The van der Waals surface area contributed by atoms with E-state index in [1.54, 1.807) is 19.4 Å².